The fraction of sp³-hybridized carbons (Fsp3) is 0.250. The van der Waals surface area contributed by atoms with E-state index in [1.807, 2.05) is 79.7 Å². The summed E-state index contributed by atoms with van der Waals surface area (Å²) in [7, 11) is 1.37. The Hall–Kier alpha value is -4.13. The minimum Gasteiger partial charge on any atom is -0.469 e. The molecule has 0 saturated heterocycles. The summed E-state index contributed by atoms with van der Waals surface area (Å²) in [6, 6.07) is 22.8. The highest BCUT2D eigenvalue weighted by atomic mass is 16.5. The van der Waals surface area contributed by atoms with Crippen molar-refractivity contribution in [1.82, 2.24) is 10.2 Å². The van der Waals surface area contributed by atoms with Gasteiger partial charge in [-0.2, -0.15) is 0 Å². The molecule has 0 fully saturated rings. The Bertz CT molecular complexity index is 1210. The van der Waals surface area contributed by atoms with Crippen molar-refractivity contribution in [2.45, 2.75) is 26.4 Å². The van der Waals surface area contributed by atoms with Crippen LogP contribution in [0.15, 0.2) is 72.8 Å². The number of carbonyl (C=O) groups excluding carboxylic acids is 3. The first kappa shape index (κ1) is 24.0. The van der Waals surface area contributed by atoms with Crippen molar-refractivity contribution in [3.63, 3.8) is 0 Å². The zero-order chi connectivity index (χ0) is 24.8. The third kappa shape index (κ3) is 5.69. The first-order valence-corrected chi connectivity index (χ1v) is 11.7. The van der Waals surface area contributed by atoms with Crippen LogP contribution in [0.3, 0.4) is 0 Å². The van der Waals surface area contributed by atoms with Gasteiger partial charge in [0.1, 0.15) is 0 Å². The van der Waals surface area contributed by atoms with Crippen LogP contribution in [0.1, 0.15) is 34.8 Å². The second-order valence-electron chi connectivity index (χ2n) is 8.56. The molecule has 180 valence electrons. The highest BCUT2D eigenvalue weighted by molar-refractivity contribution is 6.00. The molecule has 0 unspecified atom stereocenters. The van der Waals surface area contributed by atoms with Crippen LogP contribution >= 0.6 is 0 Å². The van der Waals surface area contributed by atoms with Crippen molar-refractivity contribution >= 4 is 23.6 Å². The topological polar surface area (TPSA) is 87.7 Å². The van der Waals surface area contributed by atoms with Crippen LogP contribution in [0.25, 0.3) is 11.1 Å². The van der Waals surface area contributed by atoms with Crippen LogP contribution in [0.2, 0.25) is 0 Å². The molecule has 0 aromatic heterocycles. The summed E-state index contributed by atoms with van der Waals surface area (Å²) in [6.45, 7) is 3.20. The Kier molecular flexibility index (Phi) is 7.45. The fourth-order valence-corrected chi connectivity index (χ4v) is 4.19. The van der Waals surface area contributed by atoms with Crippen molar-refractivity contribution in [2.75, 3.05) is 19.0 Å². The summed E-state index contributed by atoms with van der Waals surface area (Å²) in [5, 5.41) is 5.67. The van der Waals surface area contributed by atoms with Gasteiger partial charge in [-0.25, -0.2) is 4.79 Å². The molecule has 1 aliphatic rings. The molecule has 3 aromatic rings. The maximum absolute atomic E-state index is 13.0. The molecular formula is C28H29N3O4. The van der Waals surface area contributed by atoms with E-state index in [4.69, 9.17) is 4.74 Å². The minimum atomic E-state index is -0.331. The standard InChI is InChI=1S/C28H29N3O4/c1-3-20(27(33)35-2)17-31-18-23-10-9-22(15-25(23)26(31)32)21-11-13-24(14-12-21)30-28(34)29-16-19-7-5-4-6-8-19/h4-15,20H,3,16-18H2,1-2H3,(H2,29,30,34)/t20-/m0/s1. The van der Waals surface area contributed by atoms with E-state index in [0.29, 0.717) is 37.3 Å². The van der Waals surface area contributed by atoms with Crippen molar-refractivity contribution < 1.29 is 19.1 Å². The van der Waals surface area contributed by atoms with Gasteiger partial charge in [0.25, 0.3) is 5.91 Å². The molecule has 2 N–H and O–H groups in total. The molecule has 0 saturated carbocycles. The summed E-state index contributed by atoms with van der Waals surface area (Å²) in [4.78, 5) is 38.9. The van der Waals surface area contributed by atoms with Crippen molar-refractivity contribution in [2.24, 2.45) is 5.92 Å². The summed E-state index contributed by atoms with van der Waals surface area (Å²) in [5.74, 6) is -0.695. The summed E-state index contributed by atoms with van der Waals surface area (Å²) >= 11 is 0. The van der Waals surface area contributed by atoms with Gasteiger partial charge in [-0.1, -0.05) is 61.5 Å². The molecule has 1 heterocycles. The lowest BCUT2D eigenvalue weighted by Gasteiger charge is -2.20. The molecule has 4 rings (SSSR count). The number of hydrogen-bond acceptors (Lipinski definition) is 4. The van der Waals surface area contributed by atoms with Gasteiger partial charge in [-0.05, 0) is 46.9 Å². The van der Waals surface area contributed by atoms with E-state index in [9.17, 15) is 14.4 Å². The lowest BCUT2D eigenvalue weighted by Crippen LogP contribution is -2.33. The molecule has 7 heteroatoms. The number of urea groups is 1. The number of anilines is 1. The normalized spacial score (nSPS) is 13.2. The third-order valence-electron chi connectivity index (χ3n) is 6.23. The number of hydrogen-bond donors (Lipinski definition) is 2. The van der Waals surface area contributed by atoms with Gasteiger partial charge in [0, 0.05) is 30.9 Å². The number of benzene rings is 3. The zero-order valence-electron chi connectivity index (χ0n) is 19.9. The molecule has 35 heavy (non-hydrogen) atoms. The van der Waals surface area contributed by atoms with Gasteiger partial charge in [0.2, 0.25) is 0 Å². The molecule has 0 bridgehead atoms. The number of fused-ring (bicyclic) bond motifs is 1. The van der Waals surface area contributed by atoms with E-state index in [2.05, 4.69) is 10.6 Å². The average Bonchev–Trinajstić information content (AvgIpc) is 3.21. The molecule has 1 aliphatic heterocycles. The fourth-order valence-electron chi connectivity index (χ4n) is 4.19. The highest BCUT2D eigenvalue weighted by Crippen LogP contribution is 2.30. The van der Waals surface area contributed by atoms with Crippen LogP contribution in [0.4, 0.5) is 10.5 Å². The van der Waals surface area contributed by atoms with Gasteiger partial charge in [0.05, 0.1) is 13.0 Å². The summed E-state index contributed by atoms with van der Waals surface area (Å²) < 4.78 is 4.86. The Morgan fingerprint density at radius 2 is 1.71 bits per heavy atom. The number of ether oxygens (including phenoxy) is 1. The average molecular weight is 472 g/mol. The van der Waals surface area contributed by atoms with Gasteiger partial charge >= 0.3 is 12.0 Å². The van der Waals surface area contributed by atoms with Gasteiger partial charge in [0.15, 0.2) is 0 Å². The number of rotatable bonds is 8. The molecule has 3 amide bonds. The van der Waals surface area contributed by atoms with E-state index in [1.165, 1.54) is 7.11 Å². The Balaban J connectivity index is 1.38. The second-order valence-corrected chi connectivity index (χ2v) is 8.56. The zero-order valence-corrected chi connectivity index (χ0v) is 19.9. The monoisotopic (exact) mass is 471 g/mol. The predicted octanol–water partition coefficient (Wildman–Crippen LogP) is 4.83. The largest absolute Gasteiger partial charge is 0.469 e. The SMILES string of the molecule is CC[C@@H](CN1Cc2ccc(-c3ccc(NC(=O)NCc4ccccc4)cc3)cc2C1=O)C(=O)OC. The maximum Gasteiger partial charge on any atom is 0.319 e. The Morgan fingerprint density at radius 3 is 2.40 bits per heavy atom. The highest BCUT2D eigenvalue weighted by Gasteiger charge is 2.31. The molecule has 1 atom stereocenters. The number of nitrogens with one attached hydrogen (secondary N) is 2. The summed E-state index contributed by atoms with van der Waals surface area (Å²) in [6.07, 6.45) is 0.614. The number of carbonyl (C=O) groups is 3. The molecule has 0 radical (unpaired) electrons. The number of esters is 1. The molecule has 0 spiro atoms. The maximum atomic E-state index is 13.0. The van der Waals surface area contributed by atoms with Crippen LogP contribution < -0.4 is 10.6 Å². The van der Waals surface area contributed by atoms with Gasteiger partial charge in [-0.3, -0.25) is 9.59 Å². The van der Waals surface area contributed by atoms with Gasteiger partial charge in [-0.15, -0.1) is 0 Å². The summed E-state index contributed by atoms with van der Waals surface area (Å²) in [5.41, 5.74) is 5.17. The predicted molar refractivity (Wildman–Crippen MR) is 135 cm³/mol. The number of nitrogens with zero attached hydrogens (tertiary/aromatic N) is 1. The smallest absolute Gasteiger partial charge is 0.319 e. The number of methoxy groups -OCH3 is 1. The lowest BCUT2D eigenvalue weighted by atomic mass is 10.0. The van der Waals surface area contributed by atoms with E-state index in [0.717, 1.165) is 22.3 Å². The quantitative estimate of drug-likeness (QED) is 0.461. The van der Waals surface area contributed by atoms with Gasteiger partial charge < -0.3 is 20.3 Å². The molecular weight excluding hydrogens is 442 g/mol. The first-order chi connectivity index (χ1) is 17.0. The second kappa shape index (κ2) is 10.9. The third-order valence-corrected chi connectivity index (χ3v) is 6.23. The van der Waals surface area contributed by atoms with E-state index < -0.39 is 0 Å². The first-order valence-electron chi connectivity index (χ1n) is 11.7. The van der Waals surface area contributed by atoms with Crippen LogP contribution in [-0.4, -0.2) is 36.5 Å². The molecule has 7 nitrogen and oxygen atoms in total. The van der Waals surface area contributed by atoms with Crippen molar-refractivity contribution in [3.8, 4) is 11.1 Å². The van der Waals surface area contributed by atoms with E-state index in [1.54, 1.807) is 4.90 Å². The van der Waals surface area contributed by atoms with Crippen LogP contribution in [0.5, 0.6) is 0 Å². The molecule has 0 aliphatic carbocycles. The number of amides is 3. The van der Waals surface area contributed by atoms with E-state index in [-0.39, 0.29) is 23.8 Å². The lowest BCUT2D eigenvalue weighted by molar-refractivity contribution is -0.146. The van der Waals surface area contributed by atoms with Crippen LogP contribution in [-0.2, 0) is 22.6 Å². The van der Waals surface area contributed by atoms with E-state index >= 15 is 0 Å². The van der Waals surface area contributed by atoms with Crippen molar-refractivity contribution in [1.29, 1.82) is 0 Å². The van der Waals surface area contributed by atoms with Crippen LogP contribution in [0, 0.1) is 5.92 Å². The Morgan fingerprint density at radius 1 is 1.00 bits per heavy atom. The Labute approximate surface area is 205 Å². The van der Waals surface area contributed by atoms with Crippen molar-refractivity contribution in [3.05, 3.63) is 89.5 Å². The molecule has 3 aromatic carbocycles. The minimum absolute atomic E-state index is 0.0717.